The summed E-state index contributed by atoms with van der Waals surface area (Å²) < 4.78 is 22.3. The quantitative estimate of drug-likeness (QED) is 0.765. The van der Waals surface area contributed by atoms with Crippen LogP contribution in [0.15, 0.2) is 0 Å². The number of nitrogens with one attached hydrogen (secondary N) is 1. The van der Waals surface area contributed by atoms with E-state index in [0.717, 1.165) is 11.3 Å². The summed E-state index contributed by atoms with van der Waals surface area (Å²) in [4.78, 5) is 28.0. The van der Waals surface area contributed by atoms with Gasteiger partial charge in [-0.25, -0.2) is 18.2 Å². The molecule has 1 aromatic rings. The van der Waals surface area contributed by atoms with Crippen molar-refractivity contribution >= 4 is 33.1 Å². The molecule has 1 aromatic heterocycles. The zero-order chi connectivity index (χ0) is 17.1. The largest absolute Gasteiger partial charge is 0.480 e. The van der Waals surface area contributed by atoms with Crippen LogP contribution in [0.2, 0.25) is 0 Å². The molecule has 1 amide bonds. The van der Waals surface area contributed by atoms with Crippen LogP contribution < -0.4 is 5.32 Å². The van der Waals surface area contributed by atoms with Gasteiger partial charge in [0.15, 0.2) is 0 Å². The van der Waals surface area contributed by atoms with Crippen LogP contribution in [0.3, 0.4) is 0 Å². The zero-order valence-corrected chi connectivity index (χ0v) is 14.5. The minimum absolute atomic E-state index is 0.172. The predicted molar refractivity (Wildman–Crippen MR) is 84.2 cm³/mol. The van der Waals surface area contributed by atoms with Crippen LogP contribution in [-0.4, -0.2) is 48.4 Å². The number of aliphatic carboxylic acids is 1. The summed E-state index contributed by atoms with van der Waals surface area (Å²) in [6.45, 7) is 5.59. The summed E-state index contributed by atoms with van der Waals surface area (Å²) in [6, 6.07) is -1.24. The number of carboxylic acids is 1. The lowest BCUT2D eigenvalue weighted by Crippen LogP contribution is -2.41. The average Bonchev–Trinajstić information content (AvgIpc) is 2.75. The highest BCUT2D eigenvalue weighted by atomic mass is 32.2. The summed E-state index contributed by atoms with van der Waals surface area (Å²) in [5.74, 6) is -1.93. The van der Waals surface area contributed by atoms with Crippen molar-refractivity contribution in [1.82, 2.24) is 10.3 Å². The number of thiazole rings is 1. The summed E-state index contributed by atoms with van der Waals surface area (Å²) in [5, 5.41) is 12.3. The third kappa shape index (κ3) is 5.38. The van der Waals surface area contributed by atoms with Gasteiger partial charge in [0, 0.05) is 12.2 Å². The minimum atomic E-state index is -3.29. The highest BCUT2D eigenvalue weighted by Crippen LogP contribution is 2.24. The molecule has 7 nitrogen and oxygen atoms in total. The molecule has 1 rings (SSSR count). The van der Waals surface area contributed by atoms with E-state index in [1.807, 2.05) is 13.8 Å². The molecule has 0 fully saturated rings. The maximum atomic E-state index is 12.2. The minimum Gasteiger partial charge on any atom is -0.480 e. The van der Waals surface area contributed by atoms with Gasteiger partial charge < -0.3 is 10.4 Å². The standard InChI is InChI=1S/C13H20N2O5S2/c1-7(2)12-14-8(3)10(21-12)11(16)15-9(13(17)18)5-6-22(4,19)20/h7,9H,5-6H2,1-4H3,(H,15,16)(H,17,18)/t9-/m1/s1. The van der Waals surface area contributed by atoms with E-state index in [2.05, 4.69) is 10.3 Å². The summed E-state index contributed by atoms with van der Waals surface area (Å²) in [6.07, 6.45) is 0.852. The number of aromatic nitrogens is 1. The summed E-state index contributed by atoms with van der Waals surface area (Å²) >= 11 is 1.22. The Bertz CT molecular complexity index is 664. The monoisotopic (exact) mass is 348 g/mol. The fourth-order valence-electron chi connectivity index (χ4n) is 1.69. The smallest absolute Gasteiger partial charge is 0.326 e. The van der Waals surface area contributed by atoms with Crippen molar-refractivity contribution in [3.05, 3.63) is 15.6 Å². The molecular formula is C13H20N2O5S2. The lowest BCUT2D eigenvalue weighted by molar-refractivity contribution is -0.139. The molecule has 0 aliphatic carbocycles. The maximum Gasteiger partial charge on any atom is 0.326 e. The Balaban J connectivity index is 2.85. The Morgan fingerprint density at radius 3 is 2.36 bits per heavy atom. The second-order valence-electron chi connectivity index (χ2n) is 5.40. The SMILES string of the molecule is Cc1nc(C(C)C)sc1C(=O)N[C@H](CCS(C)(=O)=O)C(=O)O. The second kappa shape index (κ2) is 7.19. The highest BCUT2D eigenvalue weighted by Gasteiger charge is 2.24. The van der Waals surface area contributed by atoms with Gasteiger partial charge >= 0.3 is 5.97 Å². The Morgan fingerprint density at radius 2 is 1.95 bits per heavy atom. The lowest BCUT2D eigenvalue weighted by Gasteiger charge is -2.13. The molecule has 0 radical (unpaired) electrons. The molecule has 2 N–H and O–H groups in total. The Kier molecular flexibility index (Phi) is 6.07. The van der Waals surface area contributed by atoms with Crippen LogP contribution in [0.4, 0.5) is 0 Å². The maximum absolute atomic E-state index is 12.2. The fraction of sp³-hybridized carbons (Fsp3) is 0.615. The van der Waals surface area contributed by atoms with Crippen molar-refractivity contribution in [2.75, 3.05) is 12.0 Å². The Morgan fingerprint density at radius 1 is 1.36 bits per heavy atom. The van der Waals surface area contributed by atoms with E-state index in [4.69, 9.17) is 5.11 Å². The number of aryl methyl sites for hydroxylation is 1. The third-order valence-corrected chi connectivity index (χ3v) is 5.33. The molecule has 1 atom stereocenters. The van der Waals surface area contributed by atoms with Gasteiger partial charge in [-0.15, -0.1) is 11.3 Å². The van der Waals surface area contributed by atoms with Crippen LogP contribution in [0.1, 0.15) is 46.6 Å². The van der Waals surface area contributed by atoms with E-state index in [1.54, 1.807) is 6.92 Å². The number of carbonyl (C=O) groups excluding carboxylic acids is 1. The van der Waals surface area contributed by atoms with E-state index < -0.39 is 27.8 Å². The predicted octanol–water partition coefficient (Wildman–Crippen LogP) is 1.19. The van der Waals surface area contributed by atoms with Gasteiger partial charge in [-0.1, -0.05) is 13.8 Å². The number of sulfone groups is 1. The molecule has 22 heavy (non-hydrogen) atoms. The van der Waals surface area contributed by atoms with Gasteiger partial charge in [-0.05, 0) is 13.3 Å². The van der Waals surface area contributed by atoms with Gasteiger partial charge in [0.05, 0.1) is 16.5 Å². The lowest BCUT2D eigenvalue weighted by atomic mass is 10.2. The first kappa shape index (κ1) is 18.6. The fourth-order valence-corrected chi connectivity index (χ4v) is 3.32. The van der Waals surface area contributed by atoms with Gasteiger partial charge in [0.1, 0.15) is 20.8 Å². The average molecular weight is 348 g/mol. The number of hydrogen-bond donors (Lipinski definition) is 2. The van der Waals surface area contributed by atoms with E-state index in [9.17, 15) is 18.0 Å². The van der Waals surface area contributed by atoms with Gasteiger partial charge in [-0.2, -0.15) is 0 Å². The molecule has 1 heterocycles. The van der Waals surface area contributed by atoms with Crippen molar-refractivity contribution in [1.29, 1.82) is 0 Å². The van der Waals surface area contributed by atoms with Crippen LogP contribution in [0, 0.1) is 6.92 Å². The van der Waals surface area contributed by atoms with E-state index >= 15 is 0 Å². The second-order valence-corrected chi connectivity index (χ2v) is 8.69. The molecule has 124 valence electrons. The molecule has 0 saturated carbocycles. The summed E-state index contributed by atoms with van der Waals surface area (Å²) in [7, 11) is -3.29. The van der Waals surface area contributed by atoms with Crippen LogP contribution in [0.25, 0.3) is 0 Å². The van der Waals surface area contributed by atoms with Gasteiger partial charge in [-0.3, -0.25) is 4.79 Å². The molecular weight excluding hydrogens is 328 g/mol. The number of rotatable bonds is 7. The molecule has 0 saturated heterocycles. The van der Waals surface area contributed by atoms with Crippen molar-refractivity contribution in [3.8, 4) is 0 Å². The number of carbonyl (C=O) groups is 2. The first-order valence-electron chi connectivity index (χ1n) is 6.70. The van der Waals surface area contributed by atoms with E-state index in [1.165, 1.54) is 11.3 Å². The van der Waals surface area contributed by atoms with Crippen molar-refractivity contribution in [2.45, 2.75) is 39.2 Å². The zero-order valence-electron chi connectivity index (χ0n) is 12.9. The van der Waals surface area contributed by atoms with Gasteiger partial charge in [0.25, 0.3) is 5.91 Å². The topological polar surface area (TPSA) is 113 Å². The normalized spacial score (nSPS) is 13.1. The third-order valence-electron chi connectivity index (χ3n) is 2.89. The van der Waals surface area contributed by atoms with Crippen molar-refractivity contribution < 1.29 is 23.1 Å². The van der Waals surface area contributed by atoms with Crippen molar-refractivity contribution in [2.24, 2.45) is 0 Å². The highest BCUT2D eigenvalue weighted by molar-refractivity contribution is 7.90. The summed E-state index contributed by atoms with van der Waals surface area (Å²) in [5.41, 5.74) is 0.540. The van der Waals surface area contributed by atoms with Crippen LogP contribution in [0.5, 0.6) is 0 Å². The Labute approximate surface area is 133 Å². The number of amides is 1. The molecule has 0 aliphatic heterocycles. The molecule has 0 unspecified atom stereocenters. The number of carboxylic acid groups (broad SMARTS) is 1. The van der Waals surface area contributed by atoms with Crippen molar-refractivity contribution in [3.63, 3.8) is 0 Å². The first-order valence-corrected chi connectivity index (χ1v) is 9.57. The molecule has 0 bridgehead atoms. The van der Waals surface area contributed by atoms with Gasteiger partial charge in [0.2, 0.25) is 0 Å². The number of hydrogen-bond acceptors (Lipinski definition) is 6. The van der Waals surface area contributed by atoms with E-state index in [-0.39, 0.29) is 18.1 Å². The Hall–Kier alpha value is -1.48. The van der Waals surface area contributed by atoms with E-state index in [0.29, 0.717) is 10.6 Å². The molecule has 0 aliphatic rings. The number of nitrogens with zero attached hydrogens (tertiary/aromatic N) is 1. The van der Waals surface area contributed by atoms with Crippen LogP contribution in [-0.2, 0) is 14.6 Å². The molecule has 9 heteroatoms. The van der Waals surface area contributed by atoms with Crippen LogP contribution >= 0.6 is 11.3 Å². The molecule has 0 aromatic carbocycles. The molecule has 0 spiro atoms. The first-order chi connectivity index (χ1) is 10.0.